The first-order valence-corrected chi connectivity index (χ1v) is 8.44. The second-order valence-corrected chi connectivity index (χ2v) is 6.47. The third-order valence-electron chi connectivity index (χ3n) is 4.75. The molecule has 1 aromatic rings. The van der Waals surface area contributed by atoms with Gasteiger partial charge in [-0.2, -0.15) is 0 Å². The minimum atomic E-state index is -0.187. The molecule has 1 amide bonds. The molecular weight excluding hydrogens is 274 g/mol. The Labute approximate surface area is 134 Å². The molecular formula is C18H29N3O. The van der Waals surface area contributed by atoms with Crippen LogP contribution in [0.3, 0.4) is 0 Å². The summed E-state index contributed by atoms with van der Waals surface area (Å²) in [6, 6.07) is 7.86. The molecule has 0 bridgehead atoms. The molecule has 0 aromatic heterocycles. The first kappa shape index (κ1) is 16.8. The van der Waals surface area contributed by atoms with E-state index in [1.165, 1.54) is 12.8 Å². The summed E-state index contributed by atoms with van der Waals surface area (Å²) in [5, 5.41) is 3.16. The first-order valence-electron chi connectivity index (χ1n) is 8.44. The number of carbonyl (C=O) groups is 1. The lowest BCUT2D eigenvalue weighted by Gasteiger charge is -2.28. The van der Waals surface area contributed by atoms with E-state index in [0.717, 1.165) is 37.9 Å². The lowest BCUT2D eigenvalue weighted by atomic mass is 9.97. The maximum atomic E-state index is 12.4. The molecule has 1 saturated carbocycles. The maximum absolute atomic E-state index is 12.4. The first-order chi connectivity index (χ1) is 10.6. The van der Waals surface area contributed by atoms with Crippen molar-refractivity contribution in [1.29, 1.82) is 0 Å². The number of hydrogen-bond donors (Lipinski definition) is 2. The van der Waals surface area contributed by atoms with Crippen LogP contribution in [0.4, 0.5) is 5.69 Å². The minimum absolute atomic E-state index is 0.00453. The molecule has 1 aliphatic carbocycles. The Balaban J connectivity index is 1.99. The predicted molar refractivity (Wildman–Crippen MR) is 92.3 cm³/mol. The van der Waals surface area contributed by atoms with Crippen molar-refractivity contribution in [1.82, 2.24) is 5.32 Å². The average Bonchev–Trinajstić information content (AvgIpc) is 3.01. The molecule has 1 aromatic carbocycles. The average molecular weight is 303 g/mol. The Kier molecular flexibility index (Phi) is 5.83. The highest BCUT2D eigenvalue weighted by Gasteiger charge is 2.33. The van der Waals surface area contributed by atoms with E-state index in [4.69, 9.17) is 5.73 Å². The van der Waals surface area contributed by atoms with Crippen LogP contribution in [0.1, 0.15) is 55.8 Å². The van der Waals surface area contributed by atoms with Crippen molar-refractivity contribution < 1.29 is 4.79 Å². The highest BCUT2D eigenvalue weighted by atomic mass is 16.1. The second kappa shape index (κ2) is 7.63. The van der Waals surface area contributed by atoms with Crippen LogP contribution in [-0.4, -0.2) is 31.6 Å². The van der Waals surface area contributed by atoms with Crippen molar-refractivity contribution in [3.63, 3.8) is 0 Å². The van der Waals surface area contributed by atoms with Gasteiger partial charge in [0.05, 0.1) is 5.54 Å². The largest absolute Gasteiger partial charge is 0.375 e. The van der Waals surface area contributed by atoms with Crippen LogP contribution >= 0.6 is 0 Å². The summed E-state index contributed by atoms with van der Waals surface area (Å²) in [5.41, 5.74) is 7.56. The van der Waals surface area contributed by atoms with Crippen molar-refractivity contribution in [2.75, 3.05) is 25.0 Å². The summed E-state index contributed by atoms with van der Waals surface area (Å²) < 4.78 is 0. The van der Waals surface area contributed by atoms with Crippen molar-refractivity contribution in [2.24, 2.45) is 5.73 Å². The van der Waals surface area contributed by atoms with Gasteiger partial charge < -0.3 is 16.0 Å². The number of benzene rings is 1. The van der Waals surface area contributed by atoms with E-state index in [-0.39, 0.29) is 11.4 Å². The maximum Gasteiger partial charge on any atom is 0.251 e. The van der Waals surface area contributed by atoms with Crippen LogP contribution in [0, 0.1) is 0 Å². The fraction of sp³-hybridized carbons (Fsp3) is 0.611. The molecule has 0 heterocycles. The van der Waals surface area contributed by atoms with Gasteiger partial charge in [0.1, 0.15) is 0 Å². The normalized spacial score (nSPS) is 16.5. The van der Waals surface area contributed by atoms with Crippen LogP contribution in [0.25, 0.3) is 0 Å². The van der Waals surface area contributed by atoms with Gasteiger partial charge in [0.15, 0.2) is 0 Å². The molecule has 0 radical (unpaired) electrons. The Bertz CT molecular complexity index is 478. The lowest BCUT2D eigenvalue weighted by Crippen LogP contribution is -2.51. The summed E-state index contributed by atoms with van der Waals surface area (Å²) in [6.45, 7) is 3.76. The van der Waals surface area contributed by atoms with E-state index in [9.17, 15) is 4.79 Å². The minimum Gasteiger partial charge on any atom is -0.375 e. The Morgan fingerprint density at radius 2 is 1.91 bits per heavy atom. The zero-order chi connectivity index (χ0) is 16.0. The van der Waals surface area contributed by atoms with Gasteiger partial charge in [-0.25, -0.2) is 0 Å². The predicted octanol–water partition coefficient (Wildman–Crippen LogP) is 2.92. The smallest absolute Gasteiger partial charge is 0.251 e. The third-order valence-corrected chi connectivity index (χ3v) is 4.75. The van der Waals surface area contributed by atoms with Gasteiger partial charge in [-0.1, -0.05) is 26.2 Å². The monoisotopic (exact) mass is 303 g/mol. The Morgan fingerprint density at radius 3 is 2.45 bits per heavy atom. The van der Waals surface area contributed by atoms with E-state index in [2.05, 4.69) is 24.2 Å². The standard InChI is InChI=1S/C18H29N3O/c1-3-4-13-21(2)16-9-7-15(8-10-16)17(22)20-18(14-19)11-5-6-12-18/h7-10H,3-6,11-14,19H2,1-2H3,(H,20,22). The van der Waals surface area contributed by atoms with E-state index in [1.54, 1.807) is 0 Å². The number of anilines is 1. The molecule has 1 fully saturated rings. The zero-order valence-electron chi connectivity index (χ0n) is 13.9. The number of carbonyl (C=O) groups excluding carboxylic acids is 1. The number of nitrogens with one attached hydrogen (secondary N) is 1. The SMILES string of the molecule is CCCCN(C)c1ccc(C(=O)NC2(CN)CCCC2)cc1. The number of rotatable bonds is 7. The van der Waals surface area contributed by atoms with Crippen LogP contribution in [0.15, 0.2) is 24.3 Å². The molecule has 0 unspecified atom stereocenters. The van der Waals surface area contributed by atoms with Gasteiger partial charge in [-0.3, -0.25) is 4.79 Å². The molecule has 0 aliphatic heterocycles. The second-order valence-electron chi connectivity index (χ2n) is 6.47. The van der Waals surface area contributed by atoms with Crippen molar-refractivity contribution in [2.45, 2.75) is 51.0 Å². The molecule has 1 aliphatic rings. The topological polar surface area (TPSA) is 58.4 Å². The summed E-state index contributed by atoms with van der Waals surface area (Å²) in [4.78, 5) is 14.7. The molecule has 22 heavy (non-hydrogen) atoms. The van der Waals surface area contributed by atoms with Crippen LogP contribution in [0.5, 0.6) is 0 Å². The summed E-state index contributed by atoms with van der Waals surface area (Å²) in [6.07, 6.45) is 6.65. The molecule has 0 saturated heterocycles. The Hall–Kier alpha value is -1.55. The van der Waals surface area contributed by atoms with Gasteiger partial charge in [0.2, 0.25) is 0 Å². The van der Waals surface area contributed by atoms with Crippen molar-refractivity contribution >= 4 is 11.6 Å². The van der Waals surface area contributed by atoms with E-state index in [1.807, 2.05) is 24.3 Å². The van der Waals surface area contributed by atoms with Gasteiger partial charge in [0.25, 0.3) is 5.91 Å². The number of unbranched alkanes of at least 4 members (excludes halogenated alkanes) is 1. The third kappa shape index (κ3) is 4.01. The summed E-state index contributed by atoms with van der Waals surface area (Å²) in [5.74, 6) is -0.00453. The van der Waals surface area contributed by atoms with E-state index < -0.39 is 0 Å². The molecule has 2 rings (SSSR count). The summed E-state index contributed by atoms with van der Waals surface area (Å²) in [7, 11) is 2.09. The van der Waals surface area contributed by atoms with Gasteiger partial charge in [-0.15, -0.1) is 0 Å². The molecule has 3 N–H and O–H groups in total. The molecule has 4 heteroatoms. The molecule has 122 valence electrons. The van der Waals surface area contributed by atoms with Crippen LogP contribution in [-0.2, 0) is 0 Å². The number of hydrogen-bond acceptors (Lipinski definition) is 3. The van der Waals surface area contributed by atoms with Gasteiger partial charge in [-0.05, 0) is 43.5 Å². The lowest BCUT2D eigenvalue weighted by molar-refractivity contribution is 0.0903. The molecule has 4 nitrogen and oxygen atoms in total. The molecule has 0 atom stereocenters. The number of nitrogens with two attached hydrogens (primary N) is 1. The summed E-state index contributed by atoms with van der Waals surface area (Å²) >= 11 is 0. The number of nitrogens with zero attached hydrogens (tertiary/aromatic N) is 1. The van der Waals surface area contributed by atoms with Crippen molar-refractivity contribution in [3.8, 4) is 0 Å². The van der Waals surface area contributed by atoms with E-state index >= 15 is 0 Å². The quantitative estimate of drug-likeness (QED) is 0.814. The number of amides is 1. The Morgan fingerprint density at radius 1 is 1.27 bits per heavy atom. The van der Waals surface area contributed by atoms with E-state index in [0.29, 0.717) is 12.1 Å². The van der Waals surface area contributed by atoms with Crippen molar-refractivity contribution in [3.05, 3.63) is 29.8 Å². The van der Waals surface area contributed by atoms with Gasteiger partial charge in [0, 0.05) is 31.4 Å². The highest BCUT2D eigenvalue weighted by molar-refractivity contribution is 5.95. The van der Waals surface area contributed by atoms with Gasteiger partial charge >= 0.3 is 0 Å². The fourth-order valence-corrected chi connectivity index (χ4v) is 3.14. The van der Waals surface area contributed by atoms with Crippen LogP contribution in [0.2, 0.25) is 0 Å². The molecule has 0 spiro atoms. The van der Waals surface area contributed by atoms with Crippen LogP contribution < -0.4 is 16.0 Å². The fourth-order valence-electron chi connectivity index (χ4n) is 3.14. The highest BCUT2D eigenvalue weighted by Crippen LogP contribution is 2.29. The zero-order valence-corrected chi connectivity index (χ0v) is 13.9.